The molecule has 1 aliphatic carbocycles. The molecule has 1 aromatic carbocycles. The molecule has 0 saturated heterocycles. The number of nitrogens with zero attached hydrogens (tertiary/aromatic N) is 2. The predicted octanol–water partition coefficient (Wildman–Crippen LogP) is 4.83. The van der Waals surface area contributed by atoms with E-state index in [1.807, 2.05) is 12.1 Å². The van der Waals surface area contributed by atoms with Gasteiger partial charge in [-0.2, -0.15) is 0 Å². The van der Waals surface area contributed by atoms with E-state index in [1.165, 1.54) is 56.0 Å². The molecule has 0 N–H and O–H groups in total. The number of nitro groups is 1. The fourth-order valence-electron chi connectivity index (χ4n) is 2.91. The topological polar surface area (TPSA) is 65.3 Å². The average Bonchev–Trinajstić information content (AvgIpc) is 2.57. The van der Waals surface area contributed by atoms with Gasteiger partial charge in [0, 0.05) is 12.1 Å². The molecule has 0 unspecified atom stereocenters. The van der Waals surface area contributed by atoms with Gasteiger partial charge in [0.25, 0.3) is 5.69 Å². The van der Waals surface area contributed by atoms with Crippen molar-refractivity contribution in [1.82, 2.24) is 4.98 Å². The summed E-state index contributed by atoms with van der Waals surface area (Å²) in [7, 11) is 0. The first-order chi connectivity index (χ1) is 10.7. The fraction of sp³-hybridized carbons (Fsp3) is 0.353. The van der Waals surface area contributed by atoms with Crippen molar-refractivity contribution in [1.29, 1.82) is 0 Å². The van der Waals surface area contributed by atoms with Crippen LogP contribution in [0.3, 0.4) is 0 Å². The summed E-state index contributed by atoms with van der Waals surface area (Å²) in [6.45, 7) is 0. The van der Waals surface area contributed by atoms with Crippen LogP contribution in [-0.4, -0.2) is 9.91 Å². The van der Waals surface area contributed by atoms with Gasteiger partial charge in [0.1, 0.15) is 11.9 Å². The summed E-state index contributed by atoms with van der Waals surface area (Å²) in [5.74, 6) is 1.72. The SMILES string of the molecule is O=[N+]([O-])c1ccc(Oc2ccc(C3CCCCC3)cc2)nc1. The Kier molecular flexibility index (Phi) is 4.32. The summed E-state index contributed by atoms with van der Waals surface area (Å²) < 4.78 is 5.62. The van der Waals surface area contributed by atoms with Gasteiger partial charge < -0.3 is 4.74 Å². The van der Waals surface area contributed by atoms with Crippen LogP contribution in [0.4, 0.5) is 5.69 Å². The molecule has 1 aliphatic rings. The summed E-state index contributed by atoms with van der Waals surface area (Å²) in [4.78, 5) is 14.1. The van der Waals surface area contributed by atoms with Gasteiger partial charge in [-0.15, -0.1) is 0 Å². The Morgan fingerprint density at radius 1 is 1.05 bits per heavy atom. The van der Waals surface area contributed by atoms with Crippen molar-refractivity contribution in [3.8, 4) is 11.6 Å². The van der Waals surface area contributed by atoms with Crippen LogP contribution in [0.5, 0.6) is 11.6 Å². The highest BCUT2D eigenvalue weighted by Crippen LogP contribution is 2.33. The van der Waals surface area contributed by atoms with Crippen LogP contribution in [0.15, 0.2) is 42.6 Å². The van der Waals surface area contributed by atoms with E-state index in [1.54, 1.807) is 0 Å². The average molecular weight is 298 g/mol. The van der Waals surface area contributed by atoms with Gasteiger partial charge in [0.15, 0.2) is 0 Å². The van der Waals surface area contributed by atoms with Gasteiger partial charge >= 0.3 is 0 Å². The van der Waals surface area contributed by atoms with Crippen LogP contribution in [0.25, 0.3) is 0 Å². The zero-order valence-electron chi connectivity index (χ0n) is 12.3. The number of hydrogen-bond acceptors (Lipinski definition) is 4. The van der Waals surface area contributed by atoms with E-state index in [-0.39, 0.29) is 5.69 Å². The zero-order valence-corrected chi connectivity index (χ0v) is 12.3. The third-order valence-electron chi connectivity index (χ3n) is 4.11. The number of hydrogen-bond donors (Lipinski definition) is 0. The van der Waals surface area contributed by atoms with Gasteiger partial charge in [0.2, 0.25) is 5.88 Å². The minimum atomic E-state index is -0.476. The van der Waals surface area contributed by atoms with Crippen molar-refractivity contribution in [2.24, 2.45) is 0 Å². The number of pyridine rings is 1. The molecule has 5 nitrogen and oxygen atoms in total. The second-order valence-electron chi connectivity index (χ2n) is 5.62. The maximum atomic E-state index is 10.6. The Morgan fingerprint density at radius 2 is 1.77 bits per heavy atom. The molecule has 1 fully saturated rings. The van der Waals surface area contributed by atoms with Gasteiger partial charge in [-0.05, 0) is 36.5 Å². The van der Waals surface area contributed by atoms with E-state index in [0.717, 1.165) is 0 Å². The fourth-order valence-corrected chi connectivity index (χ4v) is 2.91. The molecule has 0 spiro atoms. The highest BCUT2D eigenvalue weighted by molar-refractivity contribution is 5.34. The van der Waals surface area contributed by atoms with E-state index >= 15 is 0 Å². The first-order valence-electron chi connectivity index (χ1n) is 7.60. The maximum absolute atomic E-state index is 10.6. The van der Waals surface area contributed by atoms with Crippen molar-refractivity contribution in [2.75, 3.05) is 0 Å². The standard InChI is InChI=1S/C17H18N2O3/c20-19(21)15-8-11-17(18-12-15)22-16-9-6-14(7-10-16)13-4-2-1-3-5-13/h6-13H,1-5H2. The molecule has 0 radical (unpaired) electrons. The molecular formula is C17H18N2O3. The third kappa shape index (κ3) is 3.42. The van der Waals surface area contributed by atoms with E-state index in [0.29, 0.717) is 17.5 Å². The Hall–Kier alpha value is -2.43. The number of rotatable bonds is 4. The highest BCUT2D eigenvalue weighted by Gasteiger charge is 2.15. The van der Waals surface area contributed by atoms with Crippen LogP contribution in [0.2, 0.25) is 0 Å². The summed E-state index contributed by atoms with van der Waals surface area (Å²) >= 11 is 0. The van der Waals surface area contributed by atoms with Crippen LogP contribution >= 0.6 is 0 Å². The molecule has 22 heavy (non-hydrogen) atoms. The second kappa shape index (κ2) is 6.56. The molecule has 0 aliphatic heterocycles. The lowest BCUT2D eigenvalue weighted by atomic mass is 9.84. The lowest BCUT2D eigenvalue weighted by Gasteiger charge is -2.22. The molecule has 1 aromatic heterocycles. The number of aromatic nitrogens is 1. The first-order valence-corrected chi connectivity index (χ1v) is 7.60. The minimum Gasteiger partial charge on any atom is -0.439 e. The monoisotopic (exact) mass is 298 g/mol. The largest absolute Gasteiger partial charge is 0.439 e. The van der Waals surface area contributed by atoms with E-state index in [4.69, 9.17) is 4.74 Å². The van der Waals surface area contributed by atoms with E-state index < -0.39 is 4.92 Å². The van der Waals surface area contributed by atoms with Gasteiger partial charge in [0.05, 0.1) is 4.92 Å². The van der Waals surface area contributed by atoms with Crippen molar-refractivity contribution in [3.63, 3.8) is 0 Å². The highest BCUT2D eigenvalue weighted by atomic mass is 16.6. The van der Waals surface area contributed by atoms with Crippen molar-refractivity contribution < 1.29 is 9.66 Å². The minimum absolute atomic E-state index is 0.0417. The zero-order chi connectivity index (χ0) is 15.4. The summed E-state index contributed by atoms with van der Waals surface area (Å²) in [5, 5.41) is 10.6. The van der Waals surface area contributed by atoms with Crippen molar-refractivity contribution in [2.45, 2.75) is 38.0 Å². The van der Waals surface area contributed by atoms with Gasteiger partial charge in [-0.3, -0.25) is 10.1 Å². The first kappa shape index (κ1) is 14.5. The molecule has 114 valence electrons. The van der Waals surface area contributed by atoms with Gasteiger partial charge in [-0.25, -0.2) is 4.98 Å². The number of ether oxygens (including phenoxy) is 1. The van der Waals surface area contributed by atoms with E-state index in [2.05, 4.69) is 17.1 Å². The van der Waals surface area contributed by atoms with Crippen LogP contribution < -0.4 is 4.74 Å². The lowest BCUT2D eigenvalue weighted by molar-refractivity contribution is -0.385. The Bertz CT molecular complexity index is 632. The molecule has 0 amide bonds. The molecule has 0 bridgehead atoms. The number of benzene rings is 1. The molecule has 5 heteroatoms. The molecule has 1 saturated carbocycles. The summed E-state index contributed by atoms with van der Waals surface area (Å²) in [6, 6.07) is 11.0. The van der Waals surface area contributed by atoms with Crippen molar-refractivity contribution >= 4 is 5.69 Å². The third-order valence-corrected chi connectivity index (χ3v) is 4.11. The molecule has 2 aromatic rings. The van der Waals surface area contributed by atoms with Crippen molar-refractivity contribution in [3.05, 3.63) is 58.3 Å². The van der Waals surface area contributed by atoms with Crippen LogP contribution in [0, 0.1) is 10.1 Å². The molecular weight excluding hydrogens is 280 g/mol. The normalized spacial score (nSPS) is 15.5. The molecule has 3 rings (SSSR count). The summed E-state index contributed by atoms with van der Waals surface area (Å²) in [6.07, 6.45) is 7.72. The summed E-state index contributed by atoms with van der Waals surface area (Å²) in [5.41, 5.74) is 1.32. The quantitative estimate of drug-likeness (QED) is 0.599. The Morgan fingerprint density at radius 3 is 2.36 bits per heavy atom. The van der Waals surface area contributed by atoms with Crippen LogP contribution in [-0.2, 0) is 0 Å². The smallest absolute Gasteiger partial charge is 0.287 e. The molecule has 0 atom stereocenters. The Balaban J connectivity index is 1.66. The molecule has 1 heterocycles. The Labute approximate surface area is 129 Å². The lowest BCUT2D eigenvalue weighted by Crippen LogP contribution is -2.04. The van der Waals surface area contributed by atoms with E-state index in [9.17, 15) is 10.1 Å². The maximum Gasteiger partial charge on any atom is 0.287 e. The predicted molar refractivity (Wildman–Crippen MR) is 83.2 cm³/mol. The van der Waals surface area contributed by atoms with Gasteiger partial charge in [-0.1, -0.05) is 31.4 Å². The van der Waals surface area contributed by atoms with Crippen LogP contribution in [0.1, 0.15) is 43.6 Å². The second-order valence-corrected chi connectivity index (χ2v) is 5.62.